The van der Waals surface area contributed by atoms with Crippen molar-refractivity contribution in [3.05, 3.63) is 42.2 Å². The van der Waals surface area contributed by atoms with E-state index >= 15 is 0 Å². The SMILES string of the molecule is CCNC(=NCc1nccc2ccccc12)N1CCS(=O)(=O)C(C)(C)C1. The molecule has 2 aromatic rings. The van der Waals surface area contributed by atoms with E-state index in [-0.39, 0.29) is 5.75 Å². The lowest BCUT2D eigenvalue weighted by atomic mass is 10.1. The first kappa shape index (κ1) is 18.6. The second-order valence-electron chi connectivity index (χ2n) is 7.15. The van der Waals surface area contributed by atoms with Gasteiger partial charge < -0.3 is 10.2 Å². The normalized spacial score (nSPS) is 19.5. The van der Waals surface area contributed by atoms with Crippen LogP contribution in [0.2, 0.25) is 0 Å². The molecule has 0 radical (unpaired) electrons. The molecule has 0 amide bonds. The number of benzene rings is 1. The summed E-state index contributed by atoms with van der Waals surface area (Å²) in [7, 11) is -3.08. The van der Waals surface area contributed by atoms with Gasteiger partial charge in [-0.25, -0.2) is 13.4 Å². The molecule has 7 heteroatoms. The predicted molar refractivity (Wildman–Crippen MR) is 106 cm³/mol. The third-order valence-electron chi connectivity index (χ3n) is 4.81. The van der Waals surface area contributed by atoms with Gasteiger partial charge in [0, 0.05) is 31.2 Å². The number of nitrogens with one attached hydrogen (secondary N) is 1. The summed E-state index contributed by atoms with van der Waals surface area (Å²) in [6.45, 7) is 7.65. The zero-order chi connectivity index (χ0) is 18.8. The van der Waals surface area contributed by atoms with E-state index in [0.29, 0.717) is 19.6 Å². The van der Waals surface area contributed by atoms with Crippen LogP contribution >= 0.6 is 0 Å². The molecule has 0 aliphatic carbocycles. The van der Waals surface area contributed by atoms with Gasteiger partial charge in [-0.2, -0.15) is 0 Å². The minimum Gasteiger partial charge on any atom is -0.357 e. The minimum absolute atomic E-state index is 0.150. The Hall–Kier alpha value is -2.15. The monoisotopic (exact) mass is 374 g/mol. The van der Waals surface area contributed by atoms with Crippen molar-refractivity contribution >= 4 is 26.6 Å². The van der Waals surface area contributed by atoms with Crippen molar-refractivity contribution < 1.29 is 8.42 Å². The zero-order valence-corrected chi connectivity index (χ0v) is 16.4. The summed E-state index contributed by atoms with van der Waals surface area (Å²) in [5, 5.41) is 5.52. The molecule has 1 aromatic carbocycles. The predicted octanol–water partition coefficient (Wildman–Crippen LogP) is 2.21. The van der Waals surface area contributed by atoms with Gasteiger partial charge in [-0.1, -0.05) is 24.3 Å². The van der Waals surface area contributed by atoms with Gasteiger partial charge in [-0.05, 0) is 32.2 Å². The topological polar surface area (TPSA) is 74.7 Å². The summed E-state index contributed by atoms with van der Waals surface area (Å²) < 4.78 is 23.7. The van der Waals surface area contributed by atoms with Crippen LogP contribution in [0.4, 0.5) is 0 Å². The molecule has 1 N–H and O–H groups in total. The Morgan fingerprint density at radius 2 is 2.08 bits per heavy atom. The van der Waals surface area contributed by atoms with Crippen molar-refractivity contribution in [1.29, 1.82) is 0 Å². The Balaban J connectivity index is 1.86. The highest BCUT2D eigenvalue weighted by molar-refractivity contribution is 7.92. The molecule has 0 atom stereocenters. The molecule has 0 saturated carbocycles. The fraction of sp³-hybridized carbons (Fsp3) is 0.474. The summed E-state index contributed by atoms with van der Waals surface area (Å²) >= 11 is 0. The average Bonchev–Trinajstić information content (AvgIpc) is 2.61. The molecule has 3 rings (SSSR count). The van der Waals surface area contributed by atoms with E-state index in [0.717, 1.165) is 29.0 Å². The van der Waals surface area contributed by atoms with Gasteiger partial charge in [-0.3, -0.25) is 4.98 Å². The largest absolute Gasteiger partial charge is 0.357 e. The molecule has 1 fully saturated rings. The molecule has 2 heterocycles. The summed E-state index contributed by atoms with van der Waals surface area (Å²) in [4.78, 5) is 11.3. The Kier molecular flexibility index (Phi) is 5.18. The van der Waals surface area contributed by atoms with Gasteiger partial charge in [0.25, 0.3) is 0 Å². The number of nitrogens with zero attached hydrogens (tertiary/aromatic N) is 3. The fourth-order valence-corrected chi connectivity index (χ4v) is 4.57. The molecule has 1 aromatic heterocycles. The number of fused-ring (bicyclic) bond motifs is 1. The molecule has 26 heavy (non-hydrogen) atoms. The lowest BCUT2D eigenvalue weighted by Gasteiger charge is -2.39. The smallest absolute Gasteiger partial charge is 0.194 e. The molecule has 1 saturated heterocycles. The third kappa shape index (κ3) is 3.67. The second kappa shape index (κ2) is 7.23. The van der Waals surface area contributed by atoms with Crippen LogP contribution in [-0.4, -0.2) is 54.4 Å². The van der Waals surface area contributed by atoms with Crippen LogP contribution in [0.15, 0.2) is 41.5 Å². The van der Waals surface area contributed by atoms with Gasteiger partial charge in [0.05, 0.1) is 22.7 Å². The summed E-state index contributed by atoms with van der Waals surface area (Å²) in [5.74, 6) is 0.891. The lowest BCUT2D eigenvalue weighted by molar-refractivity contribution is 0.353. The summed E-state index contributed by atoms with van der Waals surface area (Å²) in [6.07, 6.45) is 1.80. The van der Waals surface area contributed by atoms with Gasteiger partial charge in [0.2, 0.25) is 0 Å². The maximum absolute atomic E-state index is 12.3. The van der Waals surface area contributed by atoms with E-state index < -0.39 is 14.6 Å². The highest BCUT2D eigenvalue weighted by Crippen LogP contribution is 2.24. The average molecular weight is 375 g/mol. The Morgan fingerprint density at radius 1 is 1.31 bits per heavy atom. The van der Waals surface area contributed by atoms with E-state index in [1.165, 1.54) is 0 Å². The van der Waals surface area contributed by atoms with Gasteiger partial charge in [0.15, 0.2) is 15.8 Å². The molecule has 6 nitrogen and oxygen atoms in total. The number of sulfone groups is 1. The molecule has 1 aliphatic rings. The maximum atomic E-state index is 12.3. The van der Waals surface area contributed by atoms with Crippen LogP contribution < -0.4 is 5.32 Å². The highest BCUT2D eigenvalue weighted by atomic mass is 32.2. The number of pyridine rings is 1. The fourth-order valence-electron chi connectivity index (χ4n) is 3.21. The number of aromatic nitrogens is 1. The van der Waals surface area contributed by atoms with Crippen molar-refractivity contribution in [2.24, 2.45) is 4.99 Å². The Labute approximate surface area is 155 Å². The van der Waals surface area contributed by atoms with Crippen LogP contribution in [0.25, 0.3) is 10.8 Å². The summed E-state index contributed by atoms with van der Waals surface area (Å²) in [5.41, 5.74) is 0.919. The van der Waals surface area contributed by atoms with Crippen molar-refractivity contribution in [1.82, 2.24) is 15.2 Å². The van der Waals surface area contributed by atoms with Crippen LogP contribution in [0.5, 0.6) is 0 Å². The van der Waals surface area contributed by atoms with Crippen LogP contribution in [0, 0.1) is 0 Å². The molecule has 0 unspecified atom stereocenters. The zero-order valence-electron chi connectivity index (χ0n) is 15.6. The molecular formula is C19H26N4O2S. The number of hydrogen-bond acceptors (Lipinski definition) is 4. The quantitative estimate of drug-likeness (QED) is 0.659. The second-order valence-corrected chi connectivity index (χ2v) is 9.89. The maximum Gasteiger partial charge on any atom is 0.194 e. The van der Waals surface area contributed by atoms with Crippen LogP contribution in [0.3, 0.4) is 0 Å². The van der Waals surface area contributed by atoms with Gasteiger partial charge >= 0.3 is 0 Å². The van der Waals surface area contributed by atoms with Crippen molar-refractivity contribution in [2.75, 3.05) is 25.4 Å². The van der Waals surface area contributed by atoms with Crippen molar-refractivity contribution in [2.45, 2.75) is 32.1 Å². The molecule has 1 aliphatic heterocycles. The third-order valence-corrected chi connectivity index (χ3v) is 7.35. The molecular weight excluding hydrogens is 348 g/mol. The van der Waals surface area contributed by atoms with E-state index in [4.69, 9.17) is 4.99 Å². The number of guanidine groups is 1. The number of hydrogen-bond donors (Lipinski definition) is 1. The molecule has 0 spiro atoms. The van der Waals surface area contributed by atoms with Crippen molar-refractivity contribution in [3.8, 4) is 0 Å². The highest BCUT2D eigenvalue weighted by Gasteiger charge is 2.40. The minimum atomic E-state index is -3.08. The number of rotatable bonds is 3. The molecule has 0 bridgehead atoms. The van der Waals surface area contributed by atoms with Crippen LogP contribution in [0.1, 0.15) is 26.5 Å². The Bertz CT molecular complexity index is 917. The molecule has 140 valence electrons. The first-order valence-electron chi connectivity index (χ1n) is 8.92. The van der Waals surface area contributed by atoms with E-state index in [1.807, 2.05) is 30.0 Å². The van der Waals surface area contributed by atoms with Crippen LogP contribution in [-0.2, 0) is 16.4 Å². The van der Waals surface area contributed by atoms with E-state index in [1.54, 1.807) is 20.0 Å². The van der Waals surface area contributed by atoms with E-state index in [2.05, 4.69) is 22.4 Å². The van der Waals surface area contributed by atoms with Gasteiger partial charge in [0.1, 0.15) is 0 Å². The number of aliphatic imine (C=N–C) groups is 1. The lowest BCUT2D eigenvalue weighted by Crippen LogP contribution is -2.57. The van der Waals surface area contributed by atoms with E-state index in [9.17, 15) is 8.42 Å². The summed E-state index contributed by atoms with van der Waals surface area (Å²) in [6, 6.07) is 10.1. The first-order valence-corrected chi connectivity index (χ1v) is 10.6. The van der Waals surface area contributed by atoms with Gasteiger partial charge in [-0.15, -0.1) is 0 Å². The first-order chi connectivity index (χ1) is 12.3. The van der Waals surface area contributed by atoms with Crippen molar-refractivity contribution in [3.63, 3.8) is 0 Å². The Morgan fingerprint density at radius 3 is 2.81 bits per heavy atom. The standard InChI is InChI=1S/C19H26N4O2S/c1-4-20-18(23-11-12-26(24,25)19(2,3)14-23)22-13-17-16-8-6-5-7-15(16)9-10-21-17/h5-10H,4,11-14H2,1-3H3,(H,20,22).